The highest BCUT2D eigenvalue weighted by atomic mass is 15.3. The maximum atomic E-state index is 5.84. The van der Waals surface area contributed by atoms with E-state index in [1.807, 2.05) is 18.3 Å². The molecule has 6 nitrogen and oxygen atoms in total. The van der Waals surface area contributed by atoms with Crippen molar-refractivity contribution in [3.63, 3.8) is 0 Å². The van der Waals surface area contributed by atoms with Gasteiger partial charge in [-0.2, -0.15) is 15.1 Å². The third-order valence-corrected chi connectivity index (χ3v) is 3.94. The van der Waals surface area contributed by atoms with Gasteiger partial charge in [0.1, 0.15) is 5.82 Å². The molecule has 0 saturated heterocycles. The van der Waals surface area contributed by atoms with Crippen LogP contribution in [0.4, 0.5) is 11.8 Å². The van der Waals surface area contributed by atoms with E-state index in [4.69, 9.17) is 5.73 Å². The van der Waals surface area contributed by atoms with Gasteiger partial charge in [0.2, 0.25) is 5.95 Å². The van der Waals surface area contributed by atoms with Crippen LogP contribution in [0.15, 0.2) is 24.5 Å². The molecule has 2 heterocycles. The lowest BCUT2D eigenvalue weighted by Gasteiger charge is -2.32. The van der Waals surface area contributed by atoms with Gasteiger partial charge in [-0.15, -0.1) is 0 Å². The molecule has 6 heteroatoms. The molecule has 0 radical (unpaired) electrons. The summed E-state index contributed by atoms with van der Waals surface area (Å²) in [4.78, 5) is 10.8. The van der Waals surface area contributed by atoms with Crippen LogP contribution in [-0.2, 0) is 0 Å². The monoisotopic (exact) mass is 272 g/mol. The lowest BCUT2D eigenvalue weighted by Crippen LogP contribution is -2.34. The van der Waals surface area contributed by atoms with Crippen molar-refractivity contribution in [3.05, 3.63) is 24.5 Å². The third kappa shape index (κ3) is 2.59. The van der Waals surface area contributed by atoms with Crippen LogP contribution in [0.5, 0.6) is 0 Å². The number of nitrogens with two attached hydrogens (primary N) is 1. The van der Waals surface area contributed by atoms with E-state index in [0.717, 1.165) is 5.82 Å². The maximum Gasteiger partial charge on any atom is 0.224 e. The van der Waals surface area contributed by atoms with Crippen LogP contribution in [0.2, 0.25) is 0 Å². The minimum atomic E-state index is 0.288. The summed E-state index contributed by atoms with van der Waals surface area (Å²) in [7, 11) is 2.09. The Hall–Kier alpha value is -2.11. The highest BCUT2D eigenvalue weighted by Crippen LogP contribution is 2.26. The van der Waals surface area contributed by atoms with E-state index < -0.39 is 0 Å². The van der Waals surface area contributed by atoms with E-state index in [-0.39, 0.29) is 5.95 Å². The predicted molar refractivity (Wildman–Crippen MR) is 78.8 cm³/mol. The first-order chi connectivity index (χ1) is 9.74. The van der Waals surface area contributed by atoms with E-state index >= 15 is 0 Å². The lowest BCUT2D eigenvalue weighted by molar-refractivity contribution is 0.426. The molecule has 3 rings (SSSR count). The van der Waals surface area contributed by atoms with Gasteiger partial charge in [0, 0.05) is 31.5 Å². The largest absolute Gasteiger partial charge is 0.368 e. The Balaban J connectivity index is 1.89. The van der Waals surface area contributed by atoms with Gasteiger partial charge >= 0.3 is 0 Å². The lowest BCUT2D eigenvalue weighted by atomic mass is 9.94. The minimum absolute atomic E-state index is 0.288. The molecule has 1 saturated carbocycles. The van der Waals surface area contributed by atoms with Crippen molar-refractivity contribution in [1.82, 2.24) is 19.7 Å². The zero-order valence-corrected chi connectivity index (χ0v) is 11.7. The number of hydrogen-bond acceptors (Lipinski definition) is 5. The molecule has 1 fully saturated rings. The number of anilines is 2. The fourth-order valence-corrected chi connectivity index (χ4v) is 2.80. The summed E-state index contributed by atoms with van der Waals surface area (Å²) in [6, 6.07) is 4.35. The highest BCUT2D eigenvalue weighted by Gasteiger charge is 2.20. The normalized spacial score (nSPS) is 16.2. The fraction of sp³-hybridized carbons (Fsp3) is 0.500. The van der Waals surface area contributed by atoms with Crippen LogP contribution >= 0.6 is 0 Å². The van der Waals surface area contributed by atoms with E-state index in [2.05, 4.69) is 27.0 Å². The zero-order valence-electron chi connectivity index (χ0n) is 11.7. The van der Waals surface area contributed by atoms with Crippen molar-refractivity contribution in [2.75, 3.05) is 17.7 Å². The van der Waals surface area contributed by atoms with Gasteiger partial charge < -0.3 is 10.6 Å². The van der Waals surface area contributed by atoms with Crippen molar-refractivity contribution in [1.29, 1.82) is 0 Å². The van der Waals surface area contributed by atoms with E-state index in [1.165, 1.54) is 32.1 Å². The van der Waals surface area contributed by atoms with Gasteiger partial charge in [0.25, 0.3) is 0 Å². The van der Waals surface area contributed by atoms with Gasteiger partial charge in [0.05, 0.1) is 0 Å². The molecule has 20 heavy (non-hydrogen) atoms. The number of nitrogens with zero attached hydrogens (tertiary/aromatic N) is 5. The molecule has 0 spiro atoms. The summed E-state index contributed by atoms with van der Waals surface area (Å²) in [5, 5.41) is 4.19. The molecule has 2 N–H and O–H groups in total. The average molecular weight is 272 g/mol. The van der Waals surface area contributed by atoms with Crippen molar-refractivity contribution in [2.24, 2.45) is 0 Å². The smallest absolute Gasteiger partial charge is 0.224 e. The molecule has 1 aliphatic rings. The van der Waals surface area contributed by atoms with Crippen molar-refractivity contribution in [3.8, 4) is 5.82 Å². The Kier molecular flexibility index (Phi) is 3.54. The minimum Gasteiger partial charge on any atom is -0.368 e. The Labute approximate surface area is 118 Å². The summed E-state index contributed by atoms with van der Waals surface area (Å²) in [6.45, 7) is 0. The van der Waals surface area contributed by atoms with Gasteiger partial charge in [-0.3, -0.25) is 0 Å². The van der Waals surface area contributed by atoms with Crippen LogP contribution in [0.3, 0.4) is 0 Å². The predicted octanol–water partition coefficient (Wildman–Crippen LogP) is 2.01. The number of hydrogen-bond donors (Lipinski definition) is 1. The summed E-state index contributed by atoms with van der Waals surface area (Å²) in [5.41, 5.74) is 5.84. The summed E-state index contributed by atoms with van der Waals surface area (Å²) in [5.74, 6) is 1.87. The quantitative estimate of drug-likeness (QED) is 0.925. The molecule has 0 bridgehead atoms. The molecular formula is C14H20N6. The van der Waals surface area contributed by atoms with Crippen LogP contribution in [0.1, 0.15) is 32.1 Å². The highest BCUT2D eigenvalue weighted by molar-refractivity contribution is 5.48. The van der Waals surface area contributed by atoms with Gasteiger partial charge in [-0.1, -0.05) is 19.3 Å². The van der Waals surface area contributed by atoms with Crippen LogP contribution < -0.4 is 10.6 Å². The van der Waals surface area contributed by atoms with Crippen LogP contribution in [-0.4, -0.2) is 32.8 Å². The SMILES string of the molecule is CN(c1cc(-n2cccn2)nc(N)n1)C1CCCCC1. The van der Waals surface area contributed by atoms with Crippen LogP contribution in [0.25, 0.3) is 5.82 Å². The molecule has 106 valence electrons. The molecule has 2 aromatic rings. The Morgan fingerprint density at radius 2 is 2.05 bits per heavy atom. The summed E-state index contributed by atoms with van der Waals surface area (Å²) >= 11 is 0. The number of rotatable bonds is 3. The number of aromatic nitrogens is 4. The van der Waals surface area contributed by atoms with E-state index in [0.29, 0.717) is 11.9 Å². The van der Waals surface area contributed by atoms with Gasteiger partial charge in [0.15, 0.2) is 5.82 Å². The Morgan fingerprint density at radius 3 is 2.75 bits per heavy atom. The van der Waals surface area contributed by atoms with Gasteiger partial charge in [-0.05, 0) is 18.9 Å². The molecule has 0 unspecified atom stereocenters. The first-order valence-corrected chi connectivity index (χ1v) is 7.11. The fourth-order valence-electron chi connectivity index (χ4n) is 2.80. The summed E-state index contributed by atoms with van der Waals surface area (Å²) in [6.07, 6.45) is 9.95. The topological polar surface area (TPSA) is 72.9 Å². The van der Waals surface area contributed by atoms with Crippen molar-refractivity contribution in [2.45, 2.75) is 38.1 Å². The van der Waals surface area contributed by atoms with Crippen LogP contribution in [0, 0.1) is 0 Å². The second-order valence-electron chi connectivity index (χ2n) is 5.30. The molecule has 0 atom stereocenters. The first kappa shape index (κ1) is 12.9. The molecular weight excluding hydrogens is 252 g/mol. The second kappa shape index (κ2) is 5.48. The van der Waals surface area contributed by atoms with Gasteiger partial charge in [-0.25, -0.2) is 4.68 Å². The standard InChI is InChI=1S/C14H20N6/c1-19(11-6-3-2-4-7-11)12-10-13(18-14(15)17-12)20-9-5-8-16-20/h5,8-11H,2-4,6-7H2,1H3,(H2,15,17,18). The molecule has 1 aliphatic carbocycles. The zero-order chi connectivity index (χ0) is 13.9. The van der Waals surface area contributed by atoms with E-state index in [1.54, 1.807) is 10.9 Å². The third-order valence-electron chi connectivity index (χ3n) is 3.94. The van der Waals surface area contributed by atoms with Crippen molar-refractivity contribution < 1.29 is 0 Å². The molecule has 0 amide bonds. The average Bonchev–Trinajstić information content (AvgIpc) is 3.01. The van der Waals surface area contributed by atoms with E-state index in [9.17, 15) is 0 Å². The molecule has 2 aromatic heterocycles. The molecule has 0 aliphatic heterocycles. The molecule has 0 aromatic carbocycles. The number of nitrogen functional groups attached to an aromatic ring is 1. The van der Waals surface area contributed by atoms with Crippen molar-refractivity contribution >= 4 is 11.8 Å². The Morgan fingerprint density at radius 1 is 1.25 bits per heavy atom. The first-order valence-electron chi connectivity index (χ1n) is 7.11. The Bertz CT molecular complexity index is 559. The maximum absolute atomic E-state index is 5.84. The second-order valence-corrected chi connectivity index (χ2v) is 5.30. The summed E-state index contributed by atoms with van der Waals surface area (Å²) < 4.78 is 1.70.